The van der Waals surface area contributed by atoms with Crippen molar-refractivity contribution < 1.29 is 14.3 Å². The molecule has 0 saturated heterocycles. The molecule has 2 aromatic heterocycles. The smallest absolute Gasteiger partial charge is 0.269 e. The van der Waals surface area contributed by atoms with E-state index in [1.165, 1.54) is 6.20 Å². The highest BCUT2D eigenvalue weighted by Crippen LogP contribution is 2.34. The van der Waals surface area contributed by atoms with E-state index in [0.717, 1.165) is 18.4 Å². The first kappa shape index (κ1) is 16.7. The van der Waals surface area contributed by atoms with Gasteiger partial charge in [-0.3, -0.25) is 9.48 Å². The third-order valence-corrected chi connectivity index (χ3v) is 5.02. The number of aliphatic hydroxyl groups is 1. The second-order valence-electron chi connectivity index (χ2n) is 6.69. The molecule has 1 aliphatic rings. The number of nitrogens with zero attached hydrogens (tertiary/aromatic N) is 3. The Morgan fingerprint density at radius 3 is 2.69 bits per heavy atom. The first-order valence-corrected chi connectivity index (χ1v) is 8.65. The predicted molar refractivity (Wildman–Crippen MR) is 95.0 cm³/mol. The van der Waals surface area contributed by atoms with E-state index in [9.17, 15) is 14.3 Å². The maximum Gasteiger partial charge on any atom is 0.269 e. The van der Waals surface area contributed by atoms with E-state index >= 15 is 0 Å². The Balaban J connectivity index is 1.84. The lowest BCUT2D eigenvalue weighted by atomic mass is 9.93. The summed E-state index contributed by atoms with van der Waals surface area (Å²) in [5.74, 6) is -1.19. The molecule has 0 unspecified atom stereocenters. The predicted octanol–water partition coefficient (Wildman–Crippen LogP) is 2.81. The monoisotopic (exact) mass is 354 g/mol. The third kappa shape index (κ3) is 2.84. The van der Waals surface area contributed by atoms with Gasteiger partial charge < -0.3 is 10.8 Å². The van der Waals surface area contributed by atoms with Crippen LogP contribution in [0.3, 0.4) is 0 Å². The van der Waals surface area contributed by atoms with Crippen LogP contribution in [0.2, 0.25) is 0 Å². The number of pyridine rings is 1. The Hall–Kier alpha value is -2.80. The lowest BCUT2D eigenvalue weighted by molar-refractivity contribution is 0.0988. The minimum atomic E-state index is -0.617. The maximum atomic E-state index is 14.0. The molecule has 4 rings (SSSR count). The Labute approximate surface area is 149 Å². The van der Waals surface area contributed by atoms with Gasteiger partial charge in [-0.25, -0.2) is 4.98 Å². The van der Waals surface area contributed by atoms with Gasteiger partial charge in [0.2, 0.25) is 5.95 Å². The number of amides is 1. The second kappa shape index (κ2) is 6.49. The number of benzene rings is 1. The van der Waals surface area contributed by atoms with Gasteiger partial charge in [-0.2, -0.15) is 9.49 Å². The number of hydrogen-bond donors (Lipinski definition) is 2. The van der Waals surface area contributed by atoms with Gasteiger partial charge in [-0.05, 0) is 55.5 Å². The van der Waals surface area contributed by atoms with Crippen molar-refractivity contribution in [3.63, 3.8) is 0 Å². The fourth-order valence-corrected chi connectivity index (χ4v) is 3.67. The third-order valence-electron chi connectivity index (χ3n) is 5.02. The number of carbonyl (C=O) groups excluding carboxylic acids is 1. The summed E-state index contributed by atoms with van der Waals surface area (Å²) in [6.07, 6.45) is 4.10. The average molecular weight is 354 g/mol. The highest BCUT2D eigenvalue weighted by Gasteiger charge is 2.25. The molecule has 2 heterocycles. The molecule has 6 nitrogen and oxygen atoms in total. The molecule has 3 N–H and O–H groups in total. The molecule has 0 aliphatic heterocycles. The lowest BCUT2D eigenvalue weighted by Crippen LogP contribution is -2.22. The molecule has 1 fully saturated rings. The van der Waals surface area contributed by atoms with E-state index in [1.54, 1.807) is 24.3 Å². The molecule has 0 spiro atoms. The van der Waals surface area contributed by atoms with Crippen LogP contribution >= 0.6 is 0 Å². The van der Waals surface area contributed by atoms with E-state index in [-0.39, 0.29) is 17.8 Å². The van der Waals surface area contributed by atoms with Crippen LogP contribution in [0.5, 0.6) is 0 Å². The SMILES string of the molecule is NC(=O)c1nn(C2CCC(O)CC2)c2ccc(-c3cccnc3F)cc12. The summed E-state index contributed by atoms with van der Waals surface area (Å²) in [4.78, 5) is 15.6. The molecule has 0 radical (unpaired) electrons. The van der Waals surface area contributed by atoms with Crippen LogP contribution in [0.25, 0.3) is 22.0 Å². The summed E-state index contributed by atoms with van der Waals surface area (Å²) in [6, 6.07) is 8.77. The van der Waals surface area contributed by atoms with Crippen LogP contribution in [0.1, 0.15) is 42.2 Å². The summed E-state index contributed by atoms with van der Waals surface area (Å²) in [5.41, 5.74) is 7.46. The minimum Gasteiger partial charge on any atom is -0.393 e. The molecule has 1 aliphatic carbocycles. The van der Waals surface area contributed by atoms with Gasteiger partial charge in [0.1, 0.15) is 0 Å². The number of carbonyl (C=O) groups is 1. The molecule has 3 aromatic rings. The normalized spacial score (nSPS) is 20.4. The van der Waals surface area contributed by atoms with Crippen molar-refractivity contribution in [3.05, 3.63) is 48.2 Å². The van der Waals surface area contributed by atoms with Crippen molar-refractivity contribution in [1.29, 1.82) is 0 Å². The van der Waals surface area contributed by atoms with Crippen LogP contribution in [0.4, 0.5) is 4.39 Å². The Morgan fingerprint density at radius 1 is 1.23 bits per heavy atom. The van der Waals surface area contributed by atoms with E-state index in [4.69, 9.17) is 5.73 Å². The van der Waals surface area contributed by atoms with E-state index < -0.39 is 11.9 Å². The summed E-state index contributed by atoms with van der Waals surface area (Å²) < 4.78 is 15.8. The number of rotatable bonds is 3. The van der Waals surface area contributed by atoms with Crippen molar-refractivity contribution in [1.82, 2.24) is 14.8 Å². The van der Waals surface area contributed by atoms with Crippen LogP contribution < -0.4 is 5.73 Å². The van der Waals surface area contributed by atoms with Crippen molar-refractivity contribution in [2.75, 3.05) is 0 Å². The fraction of sp³-hybridized carbons (Fsp3) is 0.316. The Bertz CT molecular complexity index is 977. The highest BCUT2D eigenvalue weighted by atomic mass is 19.1. The van der Waals surface area contributed by atoms with Crippen molar-refractivity contribution in [2.45, 2.75) is 37.8 Å². The van der Waals surface area contributed by atoms with Gasteiger partial charge in [-0.1, -0.05) is 6.07 Å². The summed E-state index contributed by atoms with van der Waals surface area (Å²) in [6.45, 7) is 0. The molecular formula is C19H19FN4O2. The van der Waals surface area contributed by atoms with Gasteiger partial charge in [0, 0.05) is 17.1 Å². The minimum absolute atomic E-state index is 0.106. The zero-order valence-corrected chi connectivity index (χ0v) is 14.1. The van der Waals surface area contributed by atoms with E-state index in [2.05, 4.69) is 10.1 Å². The molecule has 1 saturated carbocycles. The number of fused-ring (bicyclic) bond motifs is 1. The number of hydrogen-bond acceptors (Lipinski definition) is 4. The quantitative estimate of drug-likeness (QED) is 0.707. The highest BCUT2D eigenvalue weighted by molar-refractivity contribution is 6.05. The number of aromatic nitrogens is 3. The fourth-order valence-electron chi connectivity index (χ4n) is 3.67. The molecule has 26 heavy (non-hydrogen) atoms. The molecule has 0 bridgehead atoms. The number of halogens is 1. The Morgan fingerprint density at radius 2 is 2.00 bits per heavy atom. The summed E-state index contributed by atoms with van der Waals surface area (Å²) in [5, 5.41) is 14.8. The van der Waals surface area contributed by atoms with Crippen LogP contribution in [0.15, 0.2) is 36.5 Å². The number of primary amides is 1. The van der Waals surface area contributed by atoms with Gasteiger partial charge in [0.05, 0.1) is 17.7 Å². The van der Waals surface area contributed by atoms with Crippen LogP contribution in [-0.4, -0.2) is 31.9 Å². The standard InChI is InChI=1S/C19H19FN4O2/c20-18-14(2-1-9-22-18)11-3-8-16-15(10-11)17(19(21)26)23-24(16)12-4-6-13(25)7-5-12/h1-3,8-10,12-13,25H,4-7H2,(H2,21,26). The molecule has 1 amide bonds. The van der Waals surface area contributed by atoms with Gasteiger partial charge in [0.25, 0.3) is 5.91 Å². The van der Waals surface area contributed by atoms with E-state index in [0.29, 0.717) is 29.4 Å². The molecule has 0 atom stereocenters. The topological polar surface area (TPSA) is 94.0 Å². The number of nitrogens with two attached hydrogens (primary N) is 1. The molecular weight excluding hydrogens is 335 g/mol. The van der Waals surface area contributed by atoms with Gasteiger partial charge in [0.15, 0.2) is 5.69 Å². The summed E-state index contributed by atoms with van der Waals surface area (Å²) >= 11 is 0. The van der Waals surface area contributed by atoms with Crippen LogP contribution in [0, 0.1) is 5.95 Å². The van der Waals surface area contributed by atoms with Crippen molar-refractivity contribution in [3.8, 4) is 11.1 Å². The molecule has 1 aromatic carbocycles. The van der Waals surface area contributed by atoms with Crippen LogP contribution in [-0.2, 0) is 0 Å². The second-order valence-corrected chi connectivity index (χ2v) is 6.69. The first-order valence-electron chi connectivity index (χ1n) is 8.65. The number of aliphatic hydroxyl groups excluding tert-OH is 1. The van der Waals surface area contributed by atoms with Crippen molar-refractivity contribution >= 4 is 16.8 Å². The van der Waals surface area contributed by atoms with Gasteiger partial charge >= 0.3 is 0 Å². The van der Waals surface area contributed by atoms with E-state index in [1.807, 2.05) is 10.7 Å². The zero-order valence-electron chi connectivity index (χ0n) is 14.1. The molecule has 7 heteroatoms. The zero-order chi connectivity index (χ0) is 18.3. The molecule has 134 valence electrons. The van der Waals surface area contributed by atoms with Gasteiger partial charge in [-0.15, -0.1) is 0 Å². The maximum absolute atomic E-state index is 14.0. The Kier molecular flexibility index (Phi) is 4.16. The average Bonchev–Trinajstić information content (AvgIpc) is 3.02. The first-order chi connectivity index (χ1) is 12.5. The lowest BCUT2D eigenvalue weighted by Gasteiger charge is -2.26. The van der Waals surface area contributed by atoms with Crippen molar-refractivity contribution in [2.24, 2.45) is 5.73 Å². The largest absolute Gasteiger partial charge is 0.393 e. The summed E-state index contributed by atoms with van der Waals surface area (Å²) in [7, 11) is 0.